The lowest BCUT2D eigenvalue weighted by atomic mass is 10.4. The lowest BCUT2D eigenvalue weighted by molar-refractivity contribution is 0.149. The van der Waals surface area contributed by atoms with Crippen LogP contribution in [0, 0.1) is 0 Å². The standard InChI is InChI=1S/C13H20BrN3O2/c1-3-5-8-19-9-6-15-11-10-16-17(7-4-2)13(18)12(11)14/h3,10,15H,1,4-9H2,2H3. The molecule has 5 nitrogen and oxygen atoms in total. The lowest BCUT2D eigenvalue weighted by Crippen LogP contribution is -2.25. The molecule has 0 spiro atoms. The number of rotatable bonds is 9. The van der Waals surface area contributed by atoms with E-state index in [1.807, 2.05) is 13.0 Å². The second kappa shape index (κ2) is 8.87. The third-order valence-corrected chi connectivity index (χ3v) is 3.21. The highest BCUT2D eigenvalue weighted by molar-refractivity contribution is 9.10. The van der Waals surface area contributed by atoms with Gasteiger partial charge in [0.15, 0.2) is 0 Å². The van der Waals surface area contributed by atoms with Gasteiger partial charge in [-0.25, -0.2) is 4.68 Å². The van der Waals surface area contributed by atoms with Crippen molar-refractivity contribution in [3.8, 4) is 0 Å². The fourth-order valence-corrected chi connectivity index (χ4v) is 1.93. The topological polar surface area (TPSA) is 56.1 Å². The Bertz CT molecular complexity index is 460. The van der Waals surface area contributed by atoms with Crippen LogP contribution in [-0.4, -0.2) is 29.5 Å². The summed E-state index contributed by atoms with van der Waals surface area (Å²) < 4.78 is 7.35. The van der Waals surface area contributed by atoms with E-state index in [1.54, 1.807) is 6.20 Å². The minimum Gasteiger partial charge on any atom is -0.380 e. The highest BCUT2D eigenvalue weighted by Gasteiger charge is 2.07. The van der Waals surface area contributed by atoms with E-state index < -0.39 is 0 Å². The molecule has 1 aromatic heterocycles. The molecular weight excluding hydrogens is 310 g/mol. The van der Waals surface area contributed by atoms with Crippen molar-refractivity contribution >= 4 is 21.6 Å². The summed E-state index contributed by atoms with van der Waals surface area (Å²) >= 11 is 3.31. The monoisotopic (exact) mass is 329 g/mol. The van der Waals surface area contributed by atoms with Crippen LogP contribution in [0.25, 0.3) is 0 Å². The van der Waals surface area contributed by atoms with Crippen molar-refractivity contribution in [3.05, 3.63) is 33.7 Å². The summed E-state index contributed by atoms with van der Waals surface area (Å²) in [6.45, 7) is 8.14. The molecule has 1 N–H and O–H groups in total. The number of nitrogens with zero attached hydrogens (tertiary/aromatic N) is 2. The molecule has 0 aromatic carbocycles. The van der Waals surface area contributed by atoms with Crippen molar-refractivity contribution in [1.82, 2.24) is 9.78 Å². The first kappa shape index (κ1) is 15.9. The molecule has 0 radical (unpaired) electrons. The van der Waals surface area contributed by atoms with Crippen molar-refractivity contribution < 1.29 is 4.74 Å². The first-order valence-electron chi connectivity index (χ1n) is 6.38. The fraction of sp³-hybridized carbons (Fsp3) is 0.538. The van der Waals surface area contributed by atoms with E-state index in [1.165, 1.54) is 4.68 Å². The molecule has 106 valence electrons. The zero-order chi connectivity index (χ0) is 14.1. The third-order valence-electron chi connectivity index (χ3n) is 2.45. The second-order valence-corrected chi connectivity index (χ2v) is 4.81. The van der Waals surface area contributed by atoms with Gasteiger partial charge in [0.05, 0.1) is 25.1 Å². The van der Waals surface area contributed by atoms with Crippen LogP contribution in [0.4, 0.5) is 5.69 Å². The minimum atomic E-state index is -0.112. The zero-order valence-corrected chi connectivity index (χ0v) is 12.8. The van der Waals surface area contributed by atoms with E-state index >= 15 is 0 Å². The number of aryl methyl sites for hydroxylation is 1. The van der Waals surface area contributed by atoms with Crippen LogP contribution in [0.2, 0.25) is 0 Å². The number of nitrogens with one attached hydrogen (secondary N) is 1. The lowest BCUT2D eigenvalue weighted by Gasteiger charge is -2.10. The van der Waals surface area contributed by atoms with Crippen molar-refractivity contribution in [1.29, 1.82) is 0 Å². The molecule has 19 heavy (non-hydrogen) atoms. The maximum atomic E-state index is 11.9. The molecule has 0 fully saturated rings. The minimum absolute atomic E-state index is 0.112. The van der Waals surface area contributed by atoms with E-state index in [0.29, 0.717) is 36.5 Å². The molecule has 0 aliphatic carbocycles. The Morgan fingerprint density at radius 3 is 3.05 bits per heavy atom. The molecule has 0 bridgehead atoms. The highest BCUT2D eigenvalue weighted by atomic mass is 79.9. The Kier molecular flexibility index (Phi) is 7.43. The summed E-state index contributed by atoms with van der Waals surface area (Å²) in [5.74, 6) is 0. The van der Waals surface area contributed by atoms with Gasteiger partial charge in [-0.2, -0.15) is 5.10 Å². The van der Waals surface area contributed by atoms with Gasteiger partial charge in [-0.3, -0.25) is 4.79 Å². The van der Waals surface area contributed by atoms with Gasteiger partial charge in [-0.05, 0) is 28.8 Å². The van der Waals surface area contributed by atoms with Crippen LogP contribution in [0.1, 0.15) is 19.8 Å². The number of halogens is 1. The highest BCUT2D eigenvalue weighted by Crippen LogP contribution is 2.15. The summed E-state index contributed by atoms with van der Waals surface area (Å²) in [5.41, 5.74) is 0.587. The molecule has 0 aliphatic heterocycles. The first-order valence-corrected chi connectivity index (χ1v) is 7.18. The maximum absolute atomic E-state index is 11.9. The predicted molar refractivity (Wildman–Crippen MR) is 80.6 cm³/mol. The van der Waals surface area contributed by atoms with Gasteiger partial charge < -0.3 is 10.1 Å². The first-order chi connectivity index (χ1) is 9.20. The van der Waals surface area contributed by atoms with Crippen molar-refractivity contribution in [2.24, 2.45) is 0 Å². The summed E-state index contributed by atoms with van der Waals surface area (Å²) in [6, 6.07) is 0. The predicted octanol–water partition coefficient (Wildman–Crippen LogP) is 2.42. The summed E-state index contributed by atoms with van der Waals surface area (Å²) in [6.07, 6.45) is 5.20. The van der Waals surface area contributed by atoms with Crippen LogP contribution < -0.4 is 10.9 Å². The van der Waals surface area contributed by atoms with Crippen LogP contribution in [0.15, 0.2) is 28.1 Å². The molecular formula is C13H20BrN3O2. The molecule has 0 saturated carbocycles. The van der Waals surface area contributed by atoms with Crippen molar-refractivity contribution in [2.45, 2.75) is 26.3 Å². The average Bonchev–Trinajstić information content (AvgIpc) is 2.41. The number of hydrogen-bond acceptors (Lipinski definition) is 4. The number of ether oxygens (including phenoxy) is 1. The molecule has 0 aliphatic rings. The van der Waals surface area contributed by atoms with E-state index in [4.69, 9.17) is 4.74 Å². The second-order valence-electron chi connectivity index (χ2n) is 4.02. The number of aromatic nitrogens is 2. The van der Waals surface area contributed by atoms with Crippen LogP contribution in [-0.2, 0) is 11.3 Å². The Labute approximate surface area is 121 Å². The van der Waals surface area contributed by atoms with Gasteiger partial charge >= 0.3 is 0 Å². The van der Waals surface area contributed by atoms with E-state index in [2.05, 4.69) is 32.9 Å². The molecule has 6 heteroatoms. The molecule has 0 amide bonds. The molecule has 1 heterocycles. The van der Waals surface area contributed by atoms with E-state index in [-0.39, 0.29) is 5.56 Å². The fourth-order valence-electron chi connectivity index (χ4n) is 1.49. The Balaban J connectivity index is 2.48. The Morgan fingerprint density at radius 2 is 2.37 bits per heavy atom. The largest absolute Gasteiger partial charge is 0.380 e. The van der Waals surface area contributed by atoms with Gasteiger partial charge in [-0.1, -0.05) is 13.0 Å². The molecule has 0 saturated heterocycles. The number of anilines is 1. The molecule has 0 unspecified atom stereocenters. The van der Waals surface area contributed by atoms with Crippen LogP contribution in [0.5, 0.6) is 0 Å². The van der Waals surface area contributed by atoms with Gasteiger partial charge in [-0.15, -0.1) is 6.58 Å². The smallest absolute Gasteiger partial charge is 0.283 e. The maximum Gasteiger partial charge on any atom is 0.283 e. The zero-order valence-electron chi connectivity index (χ0n) is 11.2. The molecule has 0 atom stereocenters. The Hall–Kier alpha value is -1.14. The SMILES string of the molecule is C=CCCOCCNc1cnn(CCC)c(=O)c1Br. The van der Waals surface area contributed by atoms with Crippen molar-refractivity contribution in [2.75, 3.05) is 25.1 Å². The van der Waals surface area contributed by atoms with Gasteiger partial charge in [0, 0.05) is 13.1 Å². The molecule has 1 rings (SSSR count). The Morgan fingerprint density at radius 1 is 1.58 bits per heavy atom. The van der Waals surface area contributed by atoms with E-state index in [9.17, 15) is 4.79 Å². The van der Waals surface area contributed by atoms with Gasteiger partial charge in [0.1, 0.15) is 4.47 Å². The summed E-state index contributed by atoms with van der Waals surface area (Å²) in [4.78, 5) is 11.9. The summed E-state index contributed by atoms with van der Waals surface area (Å²) in [7, 11) is 0. The number of hydrogen-bond donors (Lipinski definition) is 1. The van der Waals surface area contributed by atoms with E-state index in [0.717, 1.165) is 12.8 Å². The van der Waals surface area contributed by atoms with Crippen LogP contribution >= 0.6 is 15.9 Å². The molecule has 1 aromatic rings. The van der Waals surface area contributed by atoms with Crippen LogP contribution in [0.3, 0.4) is 0 Å². The quantitative estimate of drug-likeness (QED) is 0.558. The third kappa shape index (κ3) is 5.16. The normalized spacial score (nSPS) is 10.4. The summed E-state index contributed by atoms with van der Waals surface area (Å²) in [5, 5.41) is 7.24. The average molecular weight is 330 g/mol. The van der Waals surface area contributed by atoms with Gasteiger partial charge in [0.25, 0.3) is 5.56 Å². The van der Waals surface area contributed by atoms with Gasteiger partial charge in [0.2, 0.25) is 0 Å². The van der Waals surface area contributed by atoms with Crippen molar-refractivity contribution in [3.63, 3.8) is 0 Å².